The summed E-state index contributed by atoms with van der Waals surface area (Å²) in [5.74, 6) is 3.71. The quantitative estimate of drug-likeness (QED) is 0.0383. The van der Waals surface area contributed by atoms with E-state index in [9.17, 15) is 0 Å². The monoisotopic (exact) mass is 909 g/mol. The fourth-order valence-electron chi connectivity index (χ4n) is 8.45. The SMILES string of the molecule is N#Cc1ccc(-c2ccc(OCCCCCCCCCCCCOc3ccc(-c4ccc(OCCCCCCCCCCCCOc5ccc(-c6ccc(C#N)cc6)cc5)cc4)cc3)cc2)cc1. The Bertz CT molecular complexity index is 2170. The van der Waals surface area contributed by atoms with Crippen molar-refractivity contribution in [3.8, 4) is 68.5 Å². The molecule has 6 rings (SSSR count). The second kappa shape index (κ2) is 30.7. The summed E-state index contributed by atoms with van der Waals surface area (Å²) in [4.78, 5) is 0. The van der Waals surface area contributed by atoms with Crippen molar-refractivity contribution in [3.05, 3.63) is 157 Å². The van der Waals surface area contributed by atoms with Crippen LogP contribution in [0.3, 0.4) is 0 Å². The highest BCUT2D eigenvalue weighted by atomic mass is 16.5. The molecule has 0 aliphatic carbocycles. The van der Waals surface area contributed by atoms with E-state index in [1.807, 2.05) is 72.8 Å². The molecule has 6 aromatic rings. The predicted octanol–water partition coefficient (Wildman–Crippen LogP) is 17.1. The standard InChI is InChI=1S/C62H72N2O4/c63-49-51-21-25-53(26-22-51)55-29-37-59(38-30-55)65-45-17-13-9-5-1-3-7-11-15-19-47-67-61-41-33-57(34-42-61)58-35-43-62(44-36-58)68-48-20-16-12-8-4-2-6-10-14-18-46-66-60-39-31-56(32-40-60)54-27-23-52(50-64)24-28-54/h21-44H,1-20,45-48H2. The molecule has 6 aromatic carbocycles. The predicted molar refractivity (Wildman–Crippen MR) is 279 cm³/mol. The van der Waals surface area contributed by atoms with E-state index in [0.717, 1.165) is 97.4 Å². The van der Waals surface area contributed by atoms with E-state index in [2.05, 4.69) is 84.9 Å². The van der Waals surface area contributed by atoms with E-state index < -0.39 is 0 Å². The lowest BCUT2D eigenvalue weighted by Gasteiger charge is -2.09. The maximum absolute atomic E-state index is 9.00. The zero-order valence-electron chi connectivity index (χ0n) is 40.4. The first-order chi connectivity index (χ1) is 33.7. The third-order valence-electron chi connectivity index (χ3n) is 12.6. The molecule has 0 N–H and O–H groups in total. The van der Waals surface area contributed by atoms with Gasteiger partial charge < -0.3 is 18.9 Å². The van der Waals surface area contributed by atoms with Gasteiger partial charge in [-0.1, -0.05) is 176 Å². The van der Waals surface area contributed by atoms with Gasteiger partial charge in [-0.25, -0.2) is 0 Å². The van der Waals surface area contributed by atoms with Crippen molar-refractivity contribution in [2.45, 2.75) is 128 Å². The molecule has 0 aliphatic heterocycles. The zero-order valence-corrected chi connectivity index (χ0v) is 40.4. The van der Waals surface area contributed by atoms with Gasteiger partial charge in [-0.15, -0.1) is 0 Å². The second-order valence-corrected chi connectivity index (χ2v) is 17.9. The molecular weight excluding hydrogens is 837 g/mol. The van der Waals surface area contributed by atoms with Crippen LogP contribution >= 0.6 is 0 Å². The van der Waals surface area contributed by atoms with E-state index in [4.69, 9.17) is 29.5 Å². The Morgan fingerprint density at radius 3 is 0.559 bits per heavy atom. The van der Waals surface area contributed by atoms with E-state index in [0.29, 0.717) is 11.1 Å². The fraction of sp³-hybridized carbons (Fsp3) is 0.387. The summed E-state index contributed by atoms with van der Waals surface area (Å²) in [6, 6.07) is 53.1. The summed E-state index contributed by atoms with van der Waals surface area (Å²) in [5.41, 5.74) is 8.21. The molecule has 0 unspecified atom stereocenters. The smallest absolute Gasteiger partial charge is 0.119 e. The van der Waals surface area contributed by atoms with Gasteiger partial charge in [0.2, 0.25) is 0 Å². The molecule has 6 heteroatoms. The number of benzene rings is 6. The van der Waals surface area contributed by atoms with E-state index in [1.54, 1.807) is 0 Å². The van der Waals surface area contributed by atoms with Crippen LogP contribution in [0.4, 0.5) is 0 Å². The third kappa shape index (κ3) is 19.0. The highest BCUT2D eigenvalue weighted by molar-refractivity contribution is 5.66. The lowest BCUT2D eigenvalue weighted by Crippen LogP contribution is -1.98. The normalized spacial score (nSPS) is 10.9. The maximum Gasteiger partial charge on any atom is 0.119 e. The Kier molecular flexibility index (Phi) is 23.0. The van der Waals surface area contributed by atoms with Gasteiger partial charge in [-0.3, -0.25) is 0 Å². The minimum atomic E-state index is 0.679. The van der Waals surface area contributed by atoms with Crippen molar-refractivity contribution >= 4 is 0 Å². The van der Waals surface area contributed by atoms with Crippen LogP contribution in [-0.2, 0) is 0 Å². The minimum Gasteiger partial charge on any atom is -0.494 e. The van der Waals surface area contributed by atoms with Gasteiger partial charge in [-0.05, 0) is 132 Å². The van der Waals surface area contributed by atoms with E-state index in [1.165, 1.54) is 114 Å². The maximum atomic E-state index is 9.00. The molecule has 68 heavy (non-hydrogen) atoms. The van der Waals surface area contributed by atoms with Crippen LogP contribution in [0.15, 0.2) is 146 Å². The molecule has 0 aliphatic rings. The van der Waals surface area contributed by atoms with Crippen LogP contribution in [-0.4, -0.2) is 26.4 Å². The lowest BCUT2D eigenvalue weighted by atomic mass is 10.0. The Hall–Kier alpha value is -6.50. The largest absolute Gasteiger partial charge is 0.494 e. The summed E-state index contributed by atoms with van der Waals surface area (Å²) >= 11 is 0. The highest BCUT2D eigenvalue weighted by Gasteiger charge is 2.05. The second-order valence-electron chi connectivity index (χ2n) is 17.9. The number of hydrogen-bond acceptors (Lipinski definition) is 6. The van der Waals surface area contributed by atoms with Crippen LogP contribution in [0.1, 0.15) is 140 Å². The van der Waals surface area contributed by atoms with Gasteiger partial charge in [0.05, 0.1) is 49.7 Å². The first-order valence-electron chi connectivity index (χ1n) is 25.6. The van der Waals surface area contributed by atoms with Gasteiger partial charge in [0.1, 0.15) is 23.0 Å². The molecule has 354 valence electrons. The van der Waals surface area contributed by atoms with Crippen LogP contribution in [0, 0.1) is 22.7 Å². The van der Waals surface area contributed by atoms with Gasteiger partial charge in [0, 0.05) is 0 Å². The van der Waals surface area contributed by atoms with E-state index in [-0.39, 0.29) is 0 Å². The summed E-state index contributed by atoms with van der Waals surface area (Å²) in [5, 5.41) is 18.0. The molecule has 0 atom stereocenters. The average molecular weight is 909 g/mol. The Balaban J connectivity index is 0.679. The molecule has 0 spiro atoms. The zero-order chi connectivity index (χ0) is 47.1. The van der Waals surface area contributed by atoms with Crippen LogP contribution < -0.4 is 18.9 Å². The fourth-order valence-corrected chi connectivity index (χ4v) is 8.45. The number of rotatable bonds is 33. The Morgan fingerprint density at radius 1 is 0.221 bits per heavy atom. The molecule has 0 aromatic heterocycles. The highest BCUT2D eigenvalue weighted by Crippen LogP contribution is 2.27. The lowest BCUT2D eigenvalue weighted by molar-refractivity contribution is 0.303. The number of nitriles is 2. The van der Waals surface area contributed by atoms with Crippen molar-refractivity contribution in [3.63, 3.8) is 0 Å². The number of ether oxygens (including phenoxy) is 4. The van der Waals surface area contributed by atoms with Crippen LogP contribution in [0.2, 0.25) is 0 Å². The molecule has 0 fully saturated rings. The summed E-state index contributed by atoms with van der Waals surface area (Å²) in [6.07, 6.45) is 24.9. The average Bonchev–Trinajstić information content (AvgIpc) is 3.39. The Labute approximate surface area is 407 Å². The van der Waals surface area contributed by atoms with E-state index >= 15 is 0 Å². The number of hydrogen-bond donors (Lipinski definition) is 0. The molecule has 0 bridgehead atoms. The molecule has 0 saturated carbocycles. The van der Waals surface area contributed by atoms with Gasteiger partial charge in [-0.2, -0.15) is 10.5 Å². The first kappa shape index (κ1) is 50.9. The minimum absolute atomic E-state index is 0.679. The van der Waals surface area contributed by atoms with Gasteiger partial charge in [0.15, 0.2) is 0 Å². The third-order valence-corrected chi connectivity index (χ3v) is 12.6. The van der Waals surface area contributed by atoms with Crippen LogP contribution in [0.25, 0.3) is 33.4 Å². The summed E-state index contributed by atoms with van der Waals surface area (Å²) in [6.45, 7) is 3.07. The first-order valence-corrected chi connectivity index (χ1v) is 25.6. The molecule has 0 saturated heterocycles. The summed E-state index contributed by atoms with van der Waals surface area (Å²) < 4.78 is 24.0. The molecule has 6 nitrogen and oxygen atoms in total. The van der Waals surface area contributed by atoms with Crippen molar-refractivity contribution in [1.29, 1.82) is 10.5 Å². The Morgan fingerprint density at radius 2 is 0.382 bits per heavy atom. The summed E-state index contributed by atoms with van der Waals surface area (Å²) in [7, 11) is 0. The molecule has 0 amide bonds. The van der Waals surface area contributed by atoms with Crippen LogP contribution in [0.5, 0.6) is 23.0 Å². The van der Waals surface area contributed by atoms with Crippen molar-refractivity contribution in [1.82, 2.24) is 0 Å². The van der Waals surface area contributed by atoms with Gasteiger partial charge >= 0.3 is 0 Å². The van der Waals surface area contributed by atoms with Crippen molar-refractivity contribution in [2.24, 2.45) is 0 Å². The van der Waals surface area contributed by atoms with Gasteiger partial charge in [0.25, 0.3) is 0 Å². The molecular formula is C62H72N2O4. The molecule has 0 heterocycles. The van der Waals surface area contributed by atoms with Crippen molar-refractivity contribution < 1.29 is 18.9 Å². The molecule has 0 radical (unpaired) electrons. The number of unbranched alkanes of at least 4 members (excludes halogenated alkanes) is 18. The topological polar surface area (TPSA) is 84.5 Å². The van der Waals surface area contributed by atoms with Crippen molar-refractivity contribution in [2.75, 3.05) is 26.4 Å². The number of nitrogens with zero attached hydrogens (tertiary/aromatic N) is 2.